The molecule has 8 heteroatoms. The summed E-state index contributed by atoms with van der Waals surface area (Å²) < 4.78 is 30.2. The van der Waals surface area contributed by atoms with E-state index in [1.807, 2.05) is 43.3 Å². The number of carbonyl (C=O) groups is 1. The summed E-state index contributed by atoms with van der Waals surface area (Å²) in [5.74, 6) is 0.611. The van der Waals surface area contributed by atoms with E-state index in [2.05, 4.69) is 16.8 Å². The molecule has 0 radical (unpaired) electrons. The number of hydrogen-bond donors (Lipinski definition) is 1. The largest absolute Gasteiger partial charge is 0.346 e. The Morgan fingerprint density at radius 1 is 1.09 bits per heavy atom. The number of hydrogen-bond acceptors (Lipinski definition) is 4. The van der Waals surface area contributed by atoms with Crippen molar-refractivity contribution < 1.29 is 13.2 Å². The molecule has 5 rings (SSSR count). The number of rotatable bonds is 6. The van der Waals surface area contributed by atoms with E-state index in [0.29, 0.717) is 30.8 Å². The van der Waals surface area contributed by atoms with E-state index in [9.17, 15) is 13.2 Å². The van der Waals surface area contributed by atoms with Gasteiger partial charge in [0, 0.05) is 25.6 Å². The van der Waals surface area contributed by atoms with Gasteiger partial charge < -0.3 is 9.88 Å². The molecule has 0 saturated carbocycles. The smallest absolute Gasteiger partial charge is 0.243 e. The van der Waals surface area contributed by atoms with Crippen molar-refractivity contribution in [1.82, 2.24) is 19.2 Å². The van der Waals surface area contributed by atoms with Gasteiger partial charge in [0.15, 0.2) is 0 Å². The molecule has 3 aromatic rings. The molecule has 186 valence electrons. The number of piperidine rings is 1. The highest BCUT2D eigenvalue weighted by molar-refractivity contribution is 7.89. The van der Waals surface area contributed by atoms with Crippen molar-refractivity contribution in [3.63, 3.8) is 0 Å². The minimum atomic E-state index is -3.55. The zero-order valence-corrected chi connectivity index (χ0v) is 21.4. The Kier molecular flexibility index (Phi) is 6.68. The molecule has 1 unspecified atom stereocenters. The van der Waals surface area contributed by atoms with Crippen molar-refractivity contribution in [3.8, 4) is 0 Å². The summed E-state index contributed by atoms with van der Waals surface area (Å²) in [5.41, 5.74) is 4.42. The highest BCUT2D eigenvalue weighted by Crippen LogP contribution is 2.29. The van der Waals surface area contributed by atoms with Crippen molar-refractivity contribution >= 4 is 27.0 Å². The van der Waals surface area contributed by atoms with Crippen molar-refractivity contribution in [2.45, 2.75) is 69.9 Å². The van der Waals surface area contributed by atoms with Gasteiger partial charge in [-0.25, -0.2) is 13.4 Å². The molecule has 0 bridgehead atoms. The first-order valence-corrected chi connectivity index (χ1v) is 14.2. The number of fused-ring (bicyclic) bond motifs is 2. The predicted molar refractivity (Wildman–Crippen MR) is 137 cm³/mol. The lowest BCUT2D eigenvalue weighted by Gasteiger charge is -2.31. The molecule has 1 amide bonds. The fraction of sp³-hybridized carbons (Fsp3) is 0.481. The van der Waals surface area contributed by atoms with Crippen LogP contribution in [0.2, 0.25) is 0 Å². The average Bonchev–Trinajstić information content (AvgIpc) is 3.27. The molecular weight excluding hydrogens is 460 g/mol. The third kappa shape index (κ3) is 4.61. The number of imidazole rings is 1. The summed E-state index contributed by atoms with van der Waals surface area (Å²) in [6, 6.07) is 13.4. The van der Waals surface area contributed by atoms with E-state index in [1.165, 1.54) is 17.5 Å². The van der Waals surface area contributed by atoms with Crippen LogP contribution in [-0.4, -0.2) is 41.3 Å². The second kappa shape index (κ2) is 9.74. The molecule has 2 heterocycles. The Morgan fingerprint density at radius 3 is 2.54 bits per heavy atom. The van der Waals surface area contributed by atoms with Crippen LogP contribution in [-0.2, 0) is 34.2 Å². The quantitative estimate of drug-likeness (QED) is 0.556. The standard InChI is InChI=1S/C27H34N4O3S/c1-3-31-25-11-7-6-10-24(25)29-26(31)19(2)28-27(32)21-14-16-30(17-15-21)35(33,34)23-13-12-20-8-4-5-9-22(20)18-23/h6-7,10-13,18-19,21H,3-5,8-9,14-17H2,1-2H3,(H,28,32). The first-order valence-electron chi connectivity index (χ1n) is 12.8. The van der Waals surface area contributed by atoms with E-state index in [4.69, 9.17) is 4.98 Å². The molecule has 1 aromatic heterocycles. The van der Waals surface area contributed by atoms with E-state index < -0.39 is 10.0 Å². The van der Waals surface area contributed by atoms with Gasteiger partial charge in [0.05, 0.1) is 22.0 Å². The normalized spacial score (nSPS) is 18.3. The van der Waals surface area contributed by atoms with Gasteiger partial charge in [-0.05, 0) is 87.8 Å². The van der Waals surface area contributed by atoms with Crippen LogP contribution in [0.4, 0.5) is 0 Å². The molecule has 1 fully saturated rings. The van der Waals surface area contributed by atoms with E-state index in [0.717, 1.165) is 42.7 Å². The van der Waals surface area contributed by atoms with E-state index >= 15 is 0 Å². The third-order valence-electron chi connectivity index (χ3n) is 7.53. The van der Waals surface area contributed by atoms with Crippen molar-refractivity contribution in [3.05, 3.63) is 59.4 Å². The lowest BCUT2D eigenvalue weighted by Crippen LogP contribution is -2.43. The number of aryl methyl sites for hydroxylation is 3. The number of nitrogens with one attached hydrogen (secondary N) is 1. The number of carbonyl (C=O) groups excluding carboxylic acids is 1. The number of nitrogens with zero attached hydrogens (tertiary/aromatic N) is 3. The van der Waals surface area contributed by atoms with Crippen LogP contribution in [0.3, 0.4) is 0 Å². The molecule has 1 aliphatic heterocycles. The maximum Gasteiger partial charge on any atom is 0.243 e. The molecule has 0 spiro atoms. The summed E-state index contributed by atoms with van der Waals surface area (Å²) >= 11 is 0. The van der Waals surface area contributed by atoms with Crippen LogP contribution in [0.1, 0.15) is 62.5 Å². The number of amides is 1. The first kappa shape index (κ1) is 24.0. The summed E-state index contributed by atoms with van der Waals surface area (Å²) in [7, 11) is -3.55. The molecule has 1 saturated heterocycles. The van der Waals surface area contributed by atoms with Crippen molar-refractivity contribution in [1.29, 1.82) is 0 Å². The zero-order chi connectivity index (χ0) is 24.6. The summed E-state index contributed by atoms with van der Waals surface area (Å²) in [5, 5.41) is 3.13. The van der Waals surface area contributed by atoms with Crippen LogP contribution < -0.4 is 5.32 Å². The second-order valence-corrected chi connectivity index (χ2v) is 11.7. The van der Waals surface area contributed by atoms with Crippen molar-refractivity contribution in [2.24, 2.45) is 5.92 Å². The Hall–Kier alpha value is -2.71. The monoisotopic (exact) mass is 494 g/mol. The molecule has 1 aliphatic carbocycles. The Bertz CT molecular complexity index is 1340. The van der Waals surface area contributed by atoms with Gasteiger partial charge in [-0.1, -0.05) is 18.2 Å². The fourth-order valence-corrected chi connectivity index (χ4v) is 7.05. The second-order valence-electron chi connectivity index (χ2n) is 9.75. The molecule has 1 atom stereocenters. The average molecular weight is 495 g/mol. The Balaban J connectivity index is 1.23. The van der Waals surface area contributed by atoms with Gasteiger partial charge in [0.1, 0.15) is 5.82 Å². The van der Waals surface area contributed by atoms with Gasteiger partial charge in [0.25, 0.3) is 0 Å². The van der Waals surface area contributed by atoms with E-state index in [-0.39, 0.29) is 17.9 Å². The first-order chi connectivity index (χ1) is 16.9. The van der Waals surface area contributed by atoms with Crippen LogP contribution in [0.15, 0.2) is 47.4 Å². The maximum atomic E-state index is 13.3. The Labute approximate surface area is 207 Å². The summed E-state index contributed by atoms with van der Waals surface area (Å²) in [4.78, 5) is 18.2. The van der Waals surface area contributed by atoms with Crippen LogP contribution in [0.5, 0.6) is 0 Å². The molecule has 1 N–H and O–H groups in total. The predicted octanol–water partition coefficient (Wildman–Crippen LogP) is 4.21. The third-order valence-corrected chi connectivity index (χ3v) is 9.42. The van der Waals surface area contributed by atoms with E-state index in [1.54, 1.807) is 10.4 Å². The number of sulfonamides is 1. The molecule has 7 nitrogen and oxygen atoms in total. The maximum absolute atomic E-state index is 13.3. The molecule has 2 aromatic carbocycles. The lowest BCUT2D eigenvalue weighted by atomic mass is 9.92. The van der Waals surface area contributed by atoms with Gasteiger partial charge >= 0.3 is 0 Å². The fourth-order valence-electron chi connectivity index (χ4n) is 5.53. The highest BCUT2D eigenvalue weighted by Gasteiger charge is 2.33. The van der Waals surface area contributed by atoms with Crippen molar-refractivity contribution in [2.75, 3.05) is 13.1 Å². The van der Waals surface area contributed by atoms with Gasteiger partial charge in [-0.2, -0.15) is 4.31 Å². The molecule has 35 heavy (non-hydrogen) atoms. The van der Waals surface area contributed by atoms with Crippen LogP contribution in [0.25, 0.3) is 11.0 Å². The van der Waals surface area contributed by atoms with Gasteiger partial charge in [-0.3, -0.25) is 4.79 Å². The minimum Gasteiger partial charge on any atom is -0.346 e. The zero-order valence-electron chi connectivity index (χ0n) is 20.5. The number of aromatic nitrogens is 2. The number of para-hydroxylation sites is 2. The van der Waals surface area contributed by atoms with Gasteiger partial charge in [0.2, 0.25) is 15.9 Å². The summed E-state index contributed by atoms with van der Waals surface area (Å²) in [6.45, 7) is 5.53. The minimum absolute atomic E-state index is 0.0296. The lowest BCUT2D eigenvalue weighted by molar-refractivity contribution is -0.126. The molecular formula is C27H34N4O3S. The highest BCUT2D eigenvalue weighted by atomic mass is 32.2. The molecule has 2 aliphatic rings. The van der Waals surface area contributed by atoms with Gasteiger partial charge in [-0.15, -0.1) is 0 Å². The topological polar surface area (TPSA) is 84.3 Å². The van der Waals surface area contributed by atoms with Crippen LogP contribution in [0, 0.1) is 5.92 Å². The number of benzene rings is 2. The SMILES string of the molecule is CCn1c(C(C)NC(=O)C2CCN(S(=O)(=O)c3ccc4c(c3)CCCC4)CC2)nc2ccccc21. The Morgan fingerprint density at radius 2 is 1.80 bits per heavy atom. The van der Waals surface area contributed by atoms with Crippen LogP contribution >= 0.6 is 0 Å². The summed E-state index contributed by atoms with van der Waals surface area (Å²) in [6.07, 6.45) is 5.31.